The van der Waals surface area contributed by atoms with Crippen molar-refractivity contribution in [3.05, 3.63) is 12.2 Å². The zero-order valence-electron chi connectivity index (χ0n) is 11.4. The van der Waals surface area contributed by atoms with Crippen molar-refractivity contribution in [3.63, 3.8) is 0 Å². The Morgan fingerprint density at radius 1 is 1.35 bits per heavy atom. The zero-order chi connectivity index (χ0) is 14.0. The third-order valence-corrected chi connectivity index (χ3v) is 5.28. The Morgan fingerprint density at radius 2 is 2.25 bits per heavy atom. The van der Waals surface area contributed by atoms with Gasteiger partial charge in [0.2, 0.25) is 10.0 Å². The van der Waals surface area contributed by atoms with Crippen LogP contribution in [0, 0.1) is 0 Å². The van der Waals surface area contributed by atoms with E-state index in [0.29, 0.717) is 12.4 Å². The summed E-state index contributed by atoms with van der Waals surface area (Å²) in [7, 11) is -3.36. The predicted octanol–water partition coefficient (Wildman–Crippen LogP) is 0.601. The van der Waals surface area contributed by atoms with Crippen LogP contribution in [0.5, 0.6) is 0 Å². The van der Waals surface area contributed by atoms with Crippen LogP contribution in [0.15, 0.2) is 6.33 Å². The van der Waals surface area contributed by atoms with Gasteiger partial charge in [-0.15, -0.1) is 0 Å². The minimum Gasteiger partial charge on any atom is -0.377 e. The zero-order valence-corrected chi connectivity index (χ0v) is 12.2. The van der Waals surface area contributed by atoms with E-state index in [1.54, 1.807) is 4.68 Å². The summed E-state index contributed by atoms with van der Waals surface area (Å²) in [5.41, 5.74) is 0. The molecule has 1 N–H and O–H groups in total. The Labute approximate surface area is 118 Å². The first-order chi connectivity index (χ1) is 9.64. The molecule has 3 heterocycles. The Kier molecular flexibility index (Phi) is 4.04. The summed E-state index contributed by atoms with van der Waals surface area (Å²) in [6.45, 7) is 1.47. The third kappa shape index (κ3) is 3.18. The van der Waals surface area contributed by atoms with Crippen LogP contribution in [0.4, 0.5) is 0 Å². The number of fused-ring (bicyclic) bond motifs is 1. The predicted molar refractivity (Wildman–Crippen MR) is 72.5 cm³/mol. The highest BCUT2D eigenvalue weighted by Gasteiger charge is 2.29. The molecule has 2 aliphatic heterocycles. The standard InChI is InChI=1S/C12H20N4O3S/c17-20(18,8-10-4-1-2-7-19-10)15-11-5-3-6-16-12(11)13-9-14-16/h9-11,15H,1-8H2/t10-,11+/m0/s1. The Hall–Kier alpha value is -0.990. The van der Waals surface area contributed by atoms with Crippen molar-refractivity contribution in [2.45, 2.75) is 50.8 Å². The molecule has 7 nitrogen and oxygen atoms in total. The number of ether oxygens (including phenoxy) is 1. The van der Waals surface area contributed by atoms with E-state index in [-0.39, 0.29) is 17.9 Å². The average molecular weight is 300 g/mol. The number of rotatable bonds is 4. The average Bonchev–Trinajstić information content (AvgIpc) is 2.88. The van der Waals surface area contributed by atoms with Crippen molar-refractivity contribution in [3.8, 4) is 0 Å². The number of hydrogen-bond donors (Lipinski definition) is 1. The summed E-state index contributed by atoms with van der Waals surface area (Å²) in [4.78, 5) is 4.16. The minimum absolute atomic E-state index is 0.0393. The van der Waals surface area contributed by atoms with Gasteiger partial charge in [-0.05, 0) is 32.1 Å². The molecule has 0 saturated carbocycles. The molecule has 0 amide bonds. The molecule has 8 heteroatoms. The topological polar surface area (TPSA) is 86.1 Å². The van der Waals surface area contributed by atoms with Crippen LogP contribution in [0.2, 0.25) is 0 Å². The van der Waals surface area contributed by atoms with Gasteiger partial charge in [0.25, 0.3) is 0 Å². The maximum absolute atomic E-state index is 12.3. The number of nitrogens with zero attached hydrogens (tertiary/aromatic N) is 3. The summed E-state index contributed by atoms with van der Waals surface area (Å²) in [6, 6.07) is -0.264. The molecule has 1 saturated heterocycles. The van der Waals surface area contributed by atoms with E-state index in [9.17, 15) is 8.42 Å². The van der Waals surface area contributed by atoms with Crippen molar-refractivity contribution in [2.75, 3.05) is 12.4 Å². The van der Waals surface area contributed by atoms with E-state index in [2.05, 4.69) is 14.8 Å². The summed E-state index contributed by atoms with van der Waals surface area (Å²) in [5, 5.41) is 4.10. The van der Waals surface area contributed by atoms with Gasteiger partial charge in [0.1, 0.15) is 12.2 Å². The van der Waals surface area contributed by atoms with Crippen LogP contribution in [0.3, 0.4) is 0 Å². The first-order valence-electron chi connectivity index (χ1n) is 7.13. The van der Waals surface area contributed by atoms with Crippen LogP contribution in [0.25, 0.3) is 0 Å². The first kappa shape index (κ1) is 14.0. The van der Waals surface area contributed by atoms with Gasteiger partial charge in [0, 0.05) is 13.2 Å². The molecular formula is C12H20N4O3S. The molecule has 3 rings (SSSR count). The van der Waals surface area contributed by atoms with Crippen LogP contribution in [0.1, 0.15) is 44.0 Å². The molecule has 1 aromatic heterocycles. The second-order valence-electron chi connectivity index (χ2n) is 5.42. The fourth-order valence-electron chi connectivity index (χ4n) is 2.85. The monoisotopic (exact) mass is 300 g/mol. The smallest absolute Gasteiger partial charge is 0.214 e. The van der Waals surface area contributed by atoms with Crippen LogP contribution < -0.4 is 4.72 Å². The lowest BCUT2D eigenvalue weighted by molar-refractivity contribution is 0.0303. The molecule has 1 fully saturated rings. The van der Waals surface area contributed by atoms with Crippen molar-refractivity contribution in [1.29, 1.82) is 0 Å². The molecular weight excluding hydrogens is 280 g/mol. The lowest BCUT2D eigenvalue weighted by atomic mass is 10.1. The largest absolute Gasteiger partial charge is 0.377 e. The van der Waals surface area contributed by atoms with Gasteiger partial charge in [-0.2, -0.15) is 5.10 Å². The molecule has 2 atom stereocenters. The lowest BCUT2D eigenvalue weighted by Gasteiger charge is -2.26. The van der Waals surface area contributed by atoms with Crippen molar-refractivity contribution in [2.24, 2.45) is 0 Å². The van der Waals surface area contributed by atoms with E-state index in [4.69, 9.17) is 4.74 Å². The highest BCUT2D eigenvalue weighted by atomic mass is 32.2. The quantitative estimate of drug-likeness (QED) is 0.880. The van der Waals surface area contributed by atoms with Crippen LogP contribution in [-0.2, 0) is 21.3 Å². The normalized spacial score (nSPS) is 27.2. The Balaban J connectivity index is 1.65. The molecule has 2 aliphatic rings. The molecule has 112 valence electrons. The number of sulfonamides is 1. The van der Waals surface area contributed by atoms with E-state index >= 15 is 0 Å². The molecule has 0 aliphatic carbocycles. The van der Waals surface area contributed by atoms with E-state index < -0.39 is 10.0 Å². The number of aromatic nitrogens is 3. The molecule has 20 heavy (non-hydrogen) atoms. The minimum atomic E-state index is -3.36. The third-order valence-electron chi connectivity index (χ3n) is 3.82. The highest BCUT2D eigenvalue weighted by Crippen LogP contribution is 2.23. The highest BCUT2D eigenvalue weighted by molar-refractivity contribution is 7.89. The second kappa shape index (κ2) is 5.79. The molecule has 0 bridgehead atoms. The van der Waals surface area contributed by atoms with Crippen LogP contribution >= 0.6 is 0 Å². The van der Waals surface area contributed by atoms with Gasteiger partial charge in [-0.3, -0.25) is 0 Å². The molecule has 0 aromatic carbocycles. The first-order valence-corrected chi connectivity index (χ1v) is 8.78. The summed E-state index contributed by atoms with van der Waals surface area (Å²) in [6.07, 6.45) is 5.86. The molecule has 1 aromatic rings. The molecule has 0 radical (unpaired) electrons. The van der Waals surface area contributed by atoms with E-state index in [1.807, 2.05) is 0 Å². The van der Waals surface area contributed by atoms with Crippen molar-refractivity contribution >= 4 is 10.0 Å². The van der Waals surface area contributed by atoms with Gasteiger partial charge in [0.15, 0.2) is 0 Å². The second-order valence-corrected chi connectivity index (χ2v) is 7.22. The lowest BCUT2D eigenvalue weighted by Crippen LogP contribution is -2.39. The van der Waals surface area contributed by atoms with Gasteiger partial charge < -0.3 is 4.74 Å². The maximum Gasteiger partial charge on any atom is 0.214 e. The Morgan fingerprint density at radius 3 is 3.05 bits per heavy atom. The number of nitrogens with one attached hydrogen (secondary N) is 1. The van der Waals surface area contributed by atoms with Crippen LogP contribution in [-0.4, -0.2) is 41.6 Å². The van der Waals surface area contributed by atoms with Gasteiger partial charge >= 0.3 is 0 Å². The van der Waals surface area contributed by atoms with E-state index in [0.717, 1.165) is 38.6 Å². The van der Waals surface area contributed by atoms with Crippen molar-refractivity contribution < 1.29 is 13.2 Å². The number of hydrogen-bond acceptors (Lipinski definition) is 5. The van der Waals surface area contributed by atoms with Gasteiger partial charge in [-0.25, -0.2) is 22.8 Å². The molecule has 0 unspecified atom stereocenters. The van der Waals surface area contributed by atoms with Crippen molar-refractivity contribution in [1.82, 2.24) is 19.5 Å². The molecule has 0 spiro atoms. The van der Waals surface area contributed by atoms with Gasteiger partial charge in [0.05, 0.1) is 17.9 Å². The van der Waals surface area contributed by atoms with Gasteiger partial charge in [-0.1, -0.05) is 0 Å². The summed E-state index contributed by atoms with van der Waals surface area (Å²) in [5.74, 6) is 0.752. The fourth-order valence-corrected chi connectivity index (χ4v) is 4.35. The fraction of sp³-hybridized carbons (Fsp3) is 0.833. The number of aryl methyl sites for hydroxylation is 1. The summed E-state index contributed by atoms with van der Waals surface area (Å²) < 4.78 is 34.5. The van der Waals surface area contributed by atoms with E-state index in [1.165, 1.54) is 6.33 Å². The Bertz CT molecular complexity index is 551. The summed E-state index contributed by atoms with van der Waals surface area (Å²) >= 11 is 0. The SMILES string of the molecule is O=S(=O)(C[C@@H]1CCCCO1)N[C@@H]1CCCn2ncnc21. The maximum atomic E-state index is 12.3.